The Kier molecular flexibility index (Phi) is 6.71. The van der Waals surface area contributed by atoms with Crippen LogP contribution in [0.1, 0.15) is 50.5 Å². The fraction of sp³-hybridized carbons (Fsp3) is 0.545. The van der Waals surface area contributed by atoms with E-state index in [0.717, 1.165) is 25.3 Å². The van der Waals surface area contributed by atoms with Crippen molar-refractivity contribution in [3.8, 4) is 6.07 Å². The summed E-state index contributed by atoms with van der Waals surface area (Å²) in [5.74, 6) is -2.08. The first-order chi connectivity index (χ1) is 14.3. The van der Waals surface area contributed by atoms with E-state index in [1.807, 2.05) is 4.90 Å². The molecule has 2 aliphatic rings. The van der Waals surface area contributed by atoms with E-state index in [1.54, 1.807) is 0 Å². The Hall–Kier alpha value is -2.53. The van der Waals surface area contributed by atoms with Gasteiger partial charge in [-0.15, -0.1) is 0 Å². The summed E-state index contributed by atoms with van der Waals surface area (Å²) in [4.78, 5) is 26.4. The lowest BCUT2D eigenvalue weighted by atomic mass is 9.70. The zero-order chi connectivity index (χ0) is 21.8. The molecule has 2 fully saturated rings. The van der Waals surface area contributed by atoms with E-state index in [-0.39, 0.29) is 25.4 Å². The third kappa shape index (κ3) is 5.14. The van der Waals surface area contributed by atoms with E-state index in [9.17, 15) is 23.6 Å². The molecule has 1 aromatic carbocycles. The van der Waals surface area contributed by atoms with E-state index in [2.05, 4.69) is 11.4 Å². The summed E-state index contributed by atoms with van der Waals surface area (Å²) in [6, 6.07) is 5.52. The van der Waals surface area contributed by atoms with Gasteiger partial charge in [0.1, 0.15) is 17.2 Å². The molecule has 2 amide bonds. The van der Waals surface area contributed by atoms with Crippen molar-refractivity contribution in [1.82, 2.24) is 10.2 Å². The zero-order valence-corrected chi connectivity index (χ0v) is 16.9. The van der Waals surface area contributed by atoms with Gasteiger partial charge < -0.3 is 11.1 Å². The number of carbonyl (C=O) groups is 2. The summed E-state index contributed by atoms with van der Waals surface area (Å²) in [7, 11) is 0. The van der Waals surface area contributed by atoms with Crippen LogP contribution >= 0.6 is 0 Å². The van der Waals surface area contributed by atoms with E-state index >= 15 is 0 Å². The van der Waals surface area contributed by atoms with Crippen molar-refractivity contribution in [3.05, 3.63) is 41.8 Å². The fourth-order valence-electron chi connectivity index (χ4n) is 4.56. The lowest BCUT2D eigenvalue weighted by Crippen LogP contribution is -2.50. The topological polar surface area (TPSA) is 99.2 Å². The molecule has 0 aromatic heterocycles. The molecule has 1 saturated heterocycles. The summed E-state index contributed by atoms with van der Waals surface area (Å²) < 4.78 is 26.8. The van der Waals surface area contributed by atoms with Gasteiger partial charge in [0.05, 0.1) is 12.5 Å². The molecule has 6 nitrogen and oxygen atoms in total. The van der Waals surface area contributed by atoms with E-state index in [1.165, 1.54) is 18.6 Å². The van der Waals surface area contributed by atoms with Gasteiger partial charge in [0.2, 0.25) is 11.8 Å². The van der Waals surface area contributed by atoms with Crippen LogP contribution in [0.3, 0.4) is 0 Å². The van der Waals surface area contributed by atoms with Crippen molar-refractivity contribution in [2.24, 2.45) is 11.1 Å². The average Bonchev–Trinajstić information content (AvgIpc) is 3.09. The number of nitrogens with two attached hydrogens (primary N) is 1. The molecule has 1 radical (unpaired) electrons. The van der Waals surface area contributed by atoms with Gasteiger partial charge in [-0.05, 0) is 43.4 Å². The molecule has 1 aliphatic heterocycles. The van der Waals surface area contributed by atoms with Gasteiger partial charge in [0.25, 0.3) is 0 Å². The number of benzene rings is 1. The summed E-state index contributed by atoms with van der Waals surface area (Å²) in [6.07, 6.45) is 6.33. The maximum atomic E-state index is 13.4. The van der Waals surface area contributed by atoms with Gasteiger partial charge in [-0.3, -0.25) is 14.5 Å². The summed E-state index contributed by atoms with van der Waals surface area (Å²) in [5.41, 5.74) is 4.33. The van der Waals surface area contributed by atoms with Crippen LogP contribution in [-0.4, -0.2) is 35.3 Å². The molecular formula is C22H27F2N4O2. The molecule has 1 atom stereocenters. The fourth-order valence-corrected chi connectivity index (χ4v) is 4.56. The minimum atomic E-state index is -1.08. The van der Waals surface area contributed by atoms with Gasteiger partial charge in [0.15, 0.2) is 0 Å². The second-order valence-electron chi connectivity index (χ2n) is 8.54. The quantitative estimate of drug-likeness (QED) is 0.712. The van der Waals surface area contributed by atoms with Gasteiger partial charge in [0, 0.05) is 31.1 Å². The van der Waals surface area contributed by atoms with Gasteiger partial charge in [-0.2, -0.15) is 5.26 Å². The third-order valence-electron chi connectivity index (χ3n) is 6.26. The first kappa shape index (κ1) is 22.2. The van der Waals surface area contributed by atoms with Crippen molar-refractivity contribution < 1.29 is 18.4 Å². The first-order valence-electron chi connectivity index (χ1n) is 10.3. The van der Waals surface area contributed by atoms with Crippen LogP contribution in [0.25, 0.3) is 0 Å². The monoisotopic (exact) mass is 417 g/mol. The lowest BCUT2D eigenvalue weighted by molar-refractivity contribution is -0.129. The largest absolute Gasteiger partial charge is 0.369 e. The highest BCUT2D eigenvalue weighted by Crippen LogP contribution is 2.39. The molecule has 0 spiro atoms. The molecule has 1 aromatic rings. The number of nitrogens with zero attached hydrogens (tertiary/aromatic N) is 2. The number of halogens is 2. The van der Waals surface area contributed by atoms with E-state index in [4.69, 9.17) is 5.73 Å². The van der Waals surface area contributed by atoms with Crippen LogP contribution in [0, 0.1) is 34.8 Å². The second kappa shape index (κ2) is 9.09. The normalized spacial score (nSPS) is 23.6. The molecule has 1 aliphatic carbocycles. The number of carbonyl (C=O) groups excluding carboxylic acids is 2. The highest BCUT2D eigenvalue weighted by atomic mass is 19.1. The van der Waals surface area contributed by atoms with Gasteiger partial charge in [-0.1, -0.05) is 19.3 Å². The third-order valence-corrected chi connectivity index (χ3v) is 6.26. The lowest BCUT2D eigenvalue weighted by Gasteiger charge is -2.34. The molecule has 3 rings (SSSR count). The molecule has 161 valence electrons. The van der Waals surface area contributed by atoms with Crippen LogP contribution in [0.5, 0.6) is 0 Å². The zero-order valence-electron chi connectivity index (χ0n) is 16.9. The summed E-state index contributed by atoms with van der Waals surface area (Å²) in [6.45, 7) is 1.04. The Bertz CT molecular complexity index is 828. The highest BCUT2D eigenvalue weighted by molar-refractivity contribution is 5.88. The molecule has 3 N–H and O–H groups in total. The van der Waals surface area contributed by atoms with Crippen LogP contribution in [-0.2, 0) is 16.1 Å². The van der Waals surface area contributed by atoms with E-state index < -0.39 is 28.5 Å². The van der Waals surface area contributed by atoms with Crippen LogP contribution in [0.15, 0.2) is 18.2 Å². The number of nitrogens with one attached hydrogen (secondary N) is 1. The molecule has 1 saturated carbocycles. The average molecular weight is 417 g/mol. The first-order valence-corrected chi connectivity index (χ1v) is 10.3. The Balaban J connectivity index is 1.57. The van der Waals surface area contributed by atoms with Crippen molar-refractivity contribution in [3.63, 3.8) is 0 Å². The smallest absolute Gasteiger partial charge is 0.225 e. The van der Waals surface area contributed by atoms with Crippen molar-refractivity contribution >= 4 is 11.8 Å². The number of primary amides is 1. The van der Waals surface area contributed by atoms with Crippen LogP contribution < -0.4 is 11.1 Å². The van der Waals surface area contributed by atoms with Gasteiger partial charge >= 0.3 is 0 Å². The number of nitriles is 1. The predicted molar refractivity (Wildman–Crippen MR) is 106 cm³/mol. The van der Waals surface area contributed by atoms with Crippen LogP contribution in [0.4, 0.5) is 8.78 Å². The second-order valence-corrected chi connectivity index (χ2v) is 8.54. The maximum absolute atomic E-state index is 13.4. The SMILES string of the molecule is N#CC1(NC(=O)[CH]CC2(C(N)=O)CCCCC2)CCN(Cc2cc(F)cc(F)c2)C1. The highest BCUT2D eigenvalue weighted by Gasteiger charge is 2.41. The summed E-state index contributed by atoms with van der Waals surface area (Å²) >= 11 is 0. The minimum Gasteiger partial charge on any atom is -0.369 e. The Morgan fingerprint density at radius 2 is 1.83 bits per heavy atom. The summed E-state index contributed by atoms with van der Waals surface area (Å²) in [5, 5.41) is 12.5. The van der Waals surface area contributed by atoms with Crippen molar-refractivity contribution in [2.45, 2.75) is 57.0 Å². The molecule has 1 heterocycles. The minimum absolute atomic E-state index is 0.252. The Morgan fingerprint density at radius 1 is 1.17 bits per heavy atom. The molecule has 1 unspecified atom stereocenters. The number of rotatable bonds is 7. The molecule has 8 heteroatoms. The Morgan fingerprint density at radius 3 is 2.43 bits per heavy atom. The standard InChI is InChI=1S/C22H27F2N4O2/c23-17-10-16(11-18(24)12-17)13-28-9-8-22(14-25,15-28)27-19(29)4-7-21(20(26)30)5-2-1-3-6-21/h4,10-12H,1-3,5-9,13,15H2,(H2,26,30)(H,27,29). The number of hydrogen-bond donors (Lipinski definition) is 2. The molecule has 0 bridgehead atoms. The van der Waals surface area contributed by atoms with Gasteiger partial charge in [-0.25, -0.2) is 8.78 Å². The number of likely N-dealkylation sites (tertiary alicyclic amines) is 1. The van der Waals surface area contributed by atoms with Crippen molar-refractivity contribution in [1.29, 1.82) is 5.26 Å². The molecule has 30 heavy (non-hydrogen) atoms. The van der Waals surface area contributed by atoms with E-state index in [0.29, 0.717) is 31.4 Å². The van der Waals surface area contributed by atoms with Crippen LogP contribution in [0.2, 0.25) is 0 Å². The predicted octanol–water partition coefficient (Wildman–Crippen LogP) is 2.58. The Labute approximate surface area is 175 Å². The number of hydrogen-bond acceptors (Lipinski definition) is 4. The molecular weight excluding hydrogens is 390 g/mol. The maximum Gasteiger partial charge on any atom is 0.225 e. The van der Waals surface area contributed by atoms with Crippen molar-refractivity contribution in [2.75, 3.05) is 13.1 Å². The number of amides is 2.